The van der Waals surface area contributed by atoms with Crippen molar-refractivity contribution in [1.29, 1.82) is 0 Å². The monoisotopic (exact) mass is 372 g/mol. The number of rotatable bonds is 7. The van der Waals surface area contributed by atoms with Crippen molar-refractivity contribution in [3.8, 4) is 0 Å². The predicted molar refractivity (Wildman–Crippen MR) is 94.9 cm³/mol. The molecule has 3 N–H and O–H groups in total. The van der Waals surface area contributed by atoms with Gasteiger partial charge in [0.05, 0.1) is 10.6 Å². The van der Waals surface area contributed by atoms with Crippen LogP contribution in [0.25, 0.3) is 0 Å². The number of carbonyl (C=O) groups excluding carboxylic acids is 1. The lowest BCUT2D eigenvalue weighted by atomic mass is 9.74. The molecule has 1 aliphatic rings. The molecule has 1 aromatic carbocycles. The van der Waals surface area contributed by atoms with Gasteiger partial charge in [0.15, 0.2) is 0 Å². The molecular formula is C18H26ClFN2O3. The number of nitrogens with two attached hydrogens (primary N) is 1. The highest BCUT2D eigenvalue weighted by Crippen LogP contribution is 2.41. The molecule has 1 heterocycles. The summed E-state index contributed by atoms with van der Waals surface area (Å²) in [6.45, 7) is 1.44. The van der Waals surface area contributed by atoms with Crippen LogP contribution < -0.4 is 5.73 Å². The molecule has 1 saturated heterocycles. The van der Waals surface area contributed by atoms with Gasteiger partial charge in [0.1, 0.15) is 5.82 Å². The number of urea groups is 1. The first-order valence-electron chi connectivity index (χ1n) is 8.60. The lowest BCUT2D eigenvalue weighted by Gasteiger charge is -2.42. The van der Waals surface area contributed by atoms with E-state index in [1.165, 1.54) is 11.0 Å². The molecule has 140 valence electrons. The van der Waals surface area contributed by atoms with Gasteiger partial charge in [-0.2, -0.15) is 0 Å². The van der Waals surface area contributed by atoms with Gasteiger partial charge in [-0.25, -0.2) is 9.18 Å². The second-order valence-electron chi connectivity index (χ2n) is 6.60. The summed E-state index contributed by atoms with van der Waals surface area (Å²) in [6.07, 6.45) is 3.20. The number of aliphatic hydroxyl groups is 1. The summed E-state index contributed by atoms with van der Waals surface area (Å²) in [6, 6.07) is 4.15. The molecule has 2 unspecified atom stereocenters. The molecule has 0 saturated carbocycles. The number of carbonyl (C=O) groups is 1. The summed E-state index contributed by atoms with van der Waals surface area (Å²) in [7, 11) is 1.62. The minimum Gasteiger partial charge on any atom is -0.385 e. The maximum absolute atomic E-state index is 14.7. The van der Waals surface area contributed by atoms with Crippen LogP contribution in [-0.2, 0) is 10.3 Å². The topological polar surface area (TPSA) is 75.8 Å². The Hall–Kier alpha value is -1.37. The Morgan fingerprint density at radius 3 is 2.96 bits per heavy atom. The summed E-state index contributed by atoms with van der Waals surface area (Å²) in [5, 5.41) is 11.5. The Labute approximate surface area is 152 Å². The largest absolute Gasteiger partial charge is 0.385 e. The van der Waals surface area contributed by atoms with Crippen molar-refractivity contribution in [1.82, 2.24) is 4.90 Å². The van der Waals surface area contributed by atoms with Crippen molar-refractivity contribution < 1.29 is 19.0 Å². The van der Waals surface area contributed by atoms with E-state index in [9.17, 15) is 14.3 Å². The number of halogens is 2. The van der Waals surface area contributed by atoms with Crippen molar-refractivity contribution >= 4 is 17.6 Å². The standard InChI is InChI=1S/C18H26ClFN2O3/c1-25-11-3-2-9-18(24,14-7-4-8-15(19)16(14)20)13-6-5-10-22(12-13)17(21)23/h4,7-8,13,24H,2-3,5-6,9-12H2,1H3,(H2,21,23). The van der Waals surface area contributed by atoms with E-state index in [0.29, 0.717) is 39.0 Å². The molecule has 0 aromatic heterocycles. The third kappa shape index (κ3) is 4.63. The van der Waals surface area contributed by atoms with Crippen LogP contribution in [0.1, 0.15) is 37.7 Å². The smallest absolute Gasteiger partial charge is 0.314 e. The van der Waals surface area contributed by atoms with Crippen LogP contribution in [-0.4, -0.2) is 42.8 Å². The molecule has 1 fully saturated rings. The molecule has 1 aliphatic heterocycles. The molecule has 0 aliphatic carbocycles. The van der Waals surface area contributed by atoms with E-state index >= 15 is 0 Å². The molecule has 0 bridgehead atoms. The SMILES string of the molecule is COCCCCC(O)(c1cccc(Cl)c1F)C1CCCN(C(N)=O)C1. The fourth-order valence-electron chi connectivity index (χ4n) is 3.60. The Kier molecular flexibility index (Phi) is 7.04. The second kappa shape index (κ2) is 8.83. The molecular weight excluding hydrogens is 347 g/mol. The lowest BCUT2D eigenvalue weighted by molar-refractivity contribution is -0.0583. The van der Waals surface area contributed by atoms with Crippen molar-refractivity contribution in [2.24, 2.45) is 11.7 Å². The number of ether oxygens (including phenoxy) is 1. The lowest BCUT2D eigenvalue weighted by Crippen LogP contribution is -2.50. The van der Waals surface area contributed by atoms with Crippen LogP contribution in [0.4, 0.5) is 9.18 Å². The van der Waals surface area contributed by atoms with Crippen LogP contribution in [0.15, 0.2) is 18.2 Å². The molecule has 1 aromatic rings. The molecule has 2 atom stereocenters. The van der Waals surface area contributed by atoms with Crippen LogP contribution >= 0.6 is 11.6 Å². The van der Waals surface area contributed by atoms with E-state index in [0.717, 1.165) is 12.8 Å². The predicted octanol–water partition coefficient (Wildman–Crippen LogP) is 3.27. The van der Waals surface area contributed by atoms with Gasteiger partial charge in [-0.05, 0) is 38.2 Å². The zero-order valence-electron chi connectivity index (χ0n) is 14.5. The number of primary amides is 1. The molecule has 5 nitrogen and oxygen atoms in total. The highest BCUT2D eigenvalue weighted by molar-refractivity contribution is 6.30. The number of unbranched alkanes of at least 4 members (excludes halogenated alkanes) is 1. The van der Waals surface area contributed by atoms with E-state index in [1.54, 1.807) is 19.2 Å². The molecule has 7 heteroatoms. The maximum Gasteiger partial charge on any atom is 0.314 e. The number of likely N-dealkylation sites (tertiary alicyclic amines) is 1. The Morgan fingerprint density at radius 2 is 2.28 bits per heavy atom. The average Bonchev–Trinajstić information content (AvgIpc) is 2.61. The summed E-state index contributed by atoms with van der Waals surface area (Å²) in [5.41, 5.74) is 4.18. The normalized spacial score (nSPS) is 20.3. The maximum atomic E-state index is 14.7. The van der Waals surface area contributed by atoms with Crippen LogP contribution in [0.2, 0.25) is 5.02 Å². The van der Waals surface area contributed by atoms with Gasteiger partial charge in [-0.1, -0.05) is 23.7 Å². The van der Waals surface area contributed by atoms with Crippen LogP contribution in [0, 0.1) is 11.7 Å². The fraction of sp³-hybridized carbons (Fsp3) is 0.611. The van der Waals surface area contributed by atoms with Crippen molar-refractivity contribution in [3.05, 3.63) is 34.6 Å². The van der Waals surface area contributed by atoms with E-state index < -0.39 is 17.4 Å². The zero-order valence-corrected chi connectivity index (χ0v) is 15.3. The average molecular weight is 373 g/mol. The number of hydrogen-bond donors (Lipinski definition) is 2. The molecule has 25 heavy (non-hydrogen) atoms. The number of hydrogen-bond acceptors (Lipinski definition) is 3. The molecule has 0 spiro atoms. The van der Waals surface area contributed by atoms with Crippen molar-refractivity contribution in [2.45, 2.75) is 37.7 Å². The Bertz CT molecular complexity index is 602. The molecule has 0 radical (unpaired) electrons. The van der Waals surface area contributed by atoms with Gasteiger partial charge in [-0.3, -0.25) is 0 Å². The molecule has 2 amide bonds. The summed E-state index contributed by atoms with van der Waals surface area (Å²) < 4.78 is 19.7. The van der Waals surface area contributed by atoms with Gasteiger partial charge in [-0.15, -0.1) is 0 Å². The fourth-order valence-corrected chi connectivity index (χ4v) is 3.78. The van der Waals surface area contributed by atoms with Crippen LogP contribution in [0.3, 0.4) is 0 Å². The first-order valence-corrected chi connectivity index (χ1v) is 8.98. The summed E-state index contributed by atoms with van der Waals surface area (Å²) in [4.78, 5) is 13.0. The van der Waals surface area contributed by atoms with Gasteiger partial charge in [0.25, 0.3) is 0 Å². The first-order chi connectivity index (χ1) is 11.9. The zero-order chi connectivity index (χ0) is 18.4. The van der Waals surface area contributed by atoms with Gasteiger partial charge in [0, 0.05) is 38.3 Å². The first kappa shape index (κ1) is 19.9. The number of methoxy groups -OCH3 is 1. The van der Waals surface area contributed by atoms with E-state index in [-0.39, 0.29) is 16.5 Å². The van der Waals surface area contributed by atoms with E-state index in [1.807, 2.05) is 0 Å². The Morgan fingerprint density at radius 1 is 1.52 bits per heavy atom. The van der Waals surface area contributed by atoms with Crippen molar-refractivity contribution in [3.63, 3.8) is 0 Å². The minimum absolute atomic E-state index is 0.0182. The molecule has 2 rings (SSSR count). The van der Waals surface area contributed by atoms with Crippen LogP contribution in [0.5, 0.6) is 0 Å². The van der Waals surface area contributed by atoms with Gasteiger partial charge < -0.3 is 20.5 Å². The highest BCUT2D eigenvalue weighted by atomic mass is 35.5. The number of nitrogens with zero attached hydrogens (tertiary/aromatic N) is 1. The minimum atomic E-state index is -1.41. The number of amides is 2. The van der Waals surface area contributed by atoms with Crippen molar-refractivity contribution in [2.75, 3.05) is 26.8 Å². The summed E-state index contributed by atoms with van der Waals surface area (Å²) in [5.74, 6) is -0.904. The highest BCUT2D eigenvalue weighted by Gasteiger charge is 2.42. The van der Waals surface area contributed by atoms with E-state index in [4.69, 9.17) is 22.1 Å². The Balaban J connectivity index is 2.31. The third-order valence-electron chi connectivity index (χ3n) is 4.98. The third-order valence-corrected chi connectivity index (χ3v) is 5.27. The quantitative estimate of drug-likeness (QED) is 0.721. The number of benzene rings is 1. The summed E-state index contributed by atoms with van der Waals surface area (Å²) >= 11 is 5.93. The number of piperidine rings is 1. The van der Waals surface area contributed by atoms with Gasteiger partial charge >= 0.3 is 6.03 Å². The van der Waals surface area contributed by atoms with Gasteiger partial charge in [0.2, 0.25) is 0 Å². The van der Waals surface area contributed by atoms with E-state index in [2.05, 4.69) is 0 Å². The second-order valence-corrected chi connectivity index (χ2v) is 7.01.